The third-order valence-electron chi connectivity index (χ3n) is 5.17. The Hall–Kier alpha value is -2.43. The van der Waals surface area contributed by atoms with E-state index in [0.717, 1.165) is 31.1 Å². The van der Waals surface area contributed by atoms with Gasteiger partial charge in [-0.1, -0.05) is 18.2 Å². The molecule has 1 unspecified atom stereocenters. The van der Waals surface area contributed by atoms with E-state index in [1.54, 1.807) is 6.26 Å². The second-order valence-corrected chi connectivity index (χ2v) is 8.01. The normalized spacial score (nSPS) is 17.9. The Morgan fingerprint density at radius 3 is 2.96 bits per heavy atom. The minimum absolute atomic E-state index is 0.570. The molecule has 0 aliphatic carbocycles. The van der Waals surface area contributed by atoms with Crippen LogP contribution >= 0.6 is 11.3 Å². The van der Waals surface area contributed by atoms with Gasteiger partial charge in [-0.3, -0.25) is 9.88 Å². The van der Waals surface area contributed by atoms with E-state index in [1.165, 1.54) is 26.9 Å². The van der Waals surface area contributed by atoms with Gasteiger partial charge in [0.1, 0.15) is 5.76 Å². The molecule has 4 aromatic rings. The van der Waals surface area contributed by atoms with E-state index in [4.69, 9.17) is 4.42 Å². The van der Waals surface area contributed by atoms with Crippen molar-refractivity contribution < 1.29 is 4.42 Å². The fourth-order valence-corrected chi connectivity index (χ4v) is 4.85. The third kappa shape index (κ3) is 3.06. The van der Waals surface area contributed by atoms with Gasteiger partial charge in [0, 0.05) is 17.4 Å². The van der Waals surface area contributed by atoms with Crippen molar-refractivity contribution in [3.8, 4) is 10.6 Å². The summed E-state index contributed by atoms with van der Waals surface area (Å²) >= 11 is 1.82. The number of likely N-dealkylation sites (tertiary alicyclic amines) is 1. The molecule has 1 atom stereocenters. The first kappa shape index (κ1) is 15.8. The van der Waals surface area contributed by atoms with Crippen molar-refractivity contribution in [3.05, 3.63) is 78.4 Å². The molecule has 4 heteroatoms. The number of rotatable bonds is 4. The first-order valence-corrected chi connectivity index (χ1v) is 9.86. The van der Waals surface area contributed by atoms with Crippen LogP contribution in [0.4, 0.5) is 0 Å². The number of pyridine rings is 1. The van der Waals surface area contributed by atoms with Crippen LogP contribution in [0.15, 0.2) is 71.5 Å². The lowest BCUT2D eigenvalue weighted by Crippen LogP contribution is -2.19. The van der Waals surface area contributed by atoms with Gasteiger partial charge in [-0.15, -0.1) is 11.3 Å². The molecule has 0 spiro atoms. The number of aromatic nitrogens is 1. The highest BCUT2D eigenvalue weighted by atomic mass is 32.1. The number of benzene rings is 1. The van der Waals surface area contributed by atoms with Crippen LogP contribution in [0, 0.1) is 0 Å². The molecule has 1 aromatic carbocycles. The predicted molar refractivity (Wildman–Crippen MR) is 106 cm³/mol. The summed E-state index contributed by atoms with van der Waals surface area (Å²) in [6.45, 7) is 3.10. The lowest BCUT2D eigenvalue weighted by molar-refractivity contribution is 0.294. The summed E-state index contributed by atoms with van der Waals surface area (Å²) in [5.74, 6) is 1.62. The van der Waals surface area contributed by atoms with Crippen LogP contribution in [-0.4, -0.2) is 23.0 Å². The summed E-state index contributed by atoms with van der Waals surface area (Å²) in [5.41, 5.74) is 2.49. The summed E-state index contributed by atoms with van der Waals surface area (Å²) < 4.78 is 6.81. The third-order valence-corrected chi connectivity index (χ3v) is 6.30. The molecule has 3 nitrogen and oxygen atoms in total. The van der Waals surface area contributed by atoms with Crippen LogP contribution in [-0.2, 0) is 6.54 Å². The Labute approximate surface area is 156 Å². The van der Waals surface area contributed by atoms with Gasteiger partial charge >= 0.3 is 0 Å². The summed E-state index contributed by atoms with van der Waals surface area (Å²) in [6.07, 6.45) is 4.91. The summed E-state index contributed by atoms with van der Waals surface area (Å²) in [5, 5.41) is 1.30. The van der Waals surface area contributed by atoms with Crippen LogP contribution in [0.3, 0.4) is 0 Å². The highest BCUT2D eigenvalue weighted by molar-refractivity contribution is 7.22. The summed E-state index contributed by atoms with van der Waals surface area (Å²) in [6, 6.07) is 19.3. The molecular formula is C22H20N2OS. The molecule has 1 aliphatic rings. The number of fused-ring (bicyclic) bond motifs is 1. The molecule has 1 fully saturated rings. The van der Waals surface area contributed by atoms with Crippen LogP contribution in [0.5, 0.6) is 0 Å². The molecule has 0 saturated carbocycles. The fraction of sp³-hybridized carbons (Fsp3) is 0.227. The molecule has 0 amide bonds. The molecule has 0 N–H and O–H groups in total. The monoisotopic (exact) mass is 360 g/mol. The number of hydrogen-bond acceptors (Lipinski definition) is 4. The van der Waals surface area contributed by atoms with Gasteiger partial charge in [0.05, 0.1) is 23.4 Å². The van der Waals surface area contributed by atoms with Gasteiger partial charge in [0.25, 0.3) is 0 Å². The van der Waals surface area contributed by atoms with Crippen LogP contribution in [0.1, 0.15) is 23.7 Å². The molecule has 5 rings (SSSR count). The van der Waals surface area contributed by atoms with Crippen LogP contribution in [0.2, 0.25) is 0 Å². The first-order chi connectivity index (χ1) is 12.8. The van der Waals surface area contributed by atoms with Gasteiger partial charge in [-0.25, -0.2) is 0 Å². The van der Waals surface area contributed by atoms with E-state index in [1.807, 2.05) is 23.6 Å². The first-order valence-electron chi connectivity index (χ1n) is 9.05. The maximum atomic E-state index is 5.49. The Bertz CT molecular complexity index is 989. The van der Waals surface area contributed by atoms with E-state index in [-0.39, 0.29) is 0 Å². The van der Waals surface area contributed by atoms with Crippen LogP contribution in [0.25, 0.3) is 20.7 Å². The zero-order valence-electron chi connectivity index (χ0n) is 14.5. The van der Waals surface area contributed by atoms with Crippen molar-refractivity contribution in [2.24, 2.45) is 0 Å². The smallest absolute Gasteiger partial charge is 0.117 e. The van der Waals surface area contributed by atoms with Crippen molar-refractivity contribution in [3.63, 3.8) is 0 Å². The van der Waals surface area contributed by atoms with Gasteiger partial charge in [0.15, 0.2) is 0 Å². The molecule has 130 valence electrons. The molecule has 0 radical (unpaired) electrons. The van der Waals surface area contributed by atoms with Gasteiger partial charge in [-0.2, -0.15) is 0 Å². The van der Waals surface area contributed by atoms with Crippen molar-refractivity contribution in [1.29, 1.82) is 0 Å². The van der Waals surface area contributed by atoms with Crippen LogP contribution < -0.4 is 0 Å². The second-order valence-electron chi connectivity index (χ2n) is 6.92. The number of thiophene rings is 1. The lowest BCUT2D eigenvalue weighted by atomic mass is 9.98. The Kier molecular flexibility index (Phi) is 4.07. The predicted octanol–water partition coefficient (Wildman–Crippen LogP) is 5.55. The quantitative estimate of drug-likeness (QED) is 0.478. The standard InChI is InChI=1S/C22H20N2OS/c1-2-6-21-17(4-1)13-22(26-21)20-12-16(7-9-23-20)18-8-10-24(14-18)15-19-5-3-11-25-19/h1-7,9,11-13,18H,8,10,14-15H2. The van der Waals surface area contributed by atoms with Gasteiger partial charge in [0.2, 0.25) is 0 Å². The SMILES string of the molecule is c1coc(CN2CCC(c3ccnc(-c4cc5ccccc5s4)c3)C2)c1. The van der Waals surface area contributed by atoms with Crippen molar-refractivity contribution in [2.45, 2.75) is 18.9 Å². The molecule has 26 heavy (non-hydrogen) atoms. The van der Waals surface area contributed by atoms with Crippen molar-refractivity contribution >= 4 is 21.4 Å². The Balaban J connectivity index is 1.36. The summed E-state index contributed by atoms with van der Waals surface area (Å²) in [4.78, 5) is 8.36. The number of nitrogens with zero attached hydrogens (tertiary/aromatic N) is 2. The minimum Gasteiger partial charge on any atom is -0.468 e. The van der Waals surface area contributed by atoms with Gasteiger partial charge in [-0.05, 0) is 66.2 Å². The van der Waals surface area contributed by atoms with E-state index >= 15 is 0 Å². The average molecular weight is 360 g/mol. The Morgan fingerprint density at radius 2 is 2.08 bits per heavy atom. The van der Waals surface area contributed by atoms with Gasteiger partial charge < -0.3 is 4.42 Å². The maximum absolute atomic E-state index is 5.49. The minimum atomic E-state index is 0.570. The molecule has 1 aliphatic heterocycles. The Morgan fingerprint density at radius 1 is 1.12 bits per heavy atom. The zero-order chi connectivity index (χ0) is 17.3. The largest absolute Gasteiger partial charge is 0.468 e. The van der Waals surface area contributed by atoms with Crippen molar-refractivity contribution in [2.75, 3.05) is 13.1 Å². The molecule has 1 saturated heterocycles. The second kappa shape index (κ2) is 6.71. The average Bonchev–Trinajstić information content (AvgIpc) is 3.43. The number of hydrogen-bond donors (Lipinski definition) is 0. The highest BCUT2D eigenvalue weighted by Crippen LogP contribution is 2.35. The maximum Gasteiger partial charge on any atom is 0.117 e. The molecule has 4 heterocycles. The van der Waals surface area contributed by atoms with E-state index < -0.39 is 0 Å². The lowest BCUT2D eigenvalue weighted by Gasteiger charge is -2.15. The highest BCUT2D eigenvalue weighted by Gasteiger charge is 2.25. The van der Waals surface area contributed by atoms with E-state index in [2.05, 4.69) is 58.4 Å². The molecular weight excluding hydrogens is 340 g/mol. The molecule has 0 bridgehead atoms. The fourth-order valence-electron chi connectivity index (χ4n) is 3.81. The summed E-state index contributed by atoms with van der Waals surface area (Å²) in [7, 11) is 0. The van der Waals surface area contributed by atoms with E-state index in [9.17, 15) is 0 Å². The van der Waals surface area contributed by atoms with E-state index in [0.29, 0.717) is 5.92 Å². The molecule has 3 aromatic heterocycles. The topological polar surface area (TPSA) is 29.3 Å². The zero-order valence-corrected chi connectivity index (χ0v) is 15.3. The van der Waals surface area contributed by atoms with Crippen molar-refractivity contribution in [1.82, 2.24) is 9.88 Å². The number of furan rings is 1.